The second-order valence-corrected chi connectivity index (χ2v) is 6.57. The Labute approximate surface area is 106 Å². The third-order valence-corrected chi connectivity index (χ3v) is 4.63. The molecule has 96 valence electrons. The summed E-state index contributed by atoms with van der Waals surface area (Å²) in [6.45, 7) is 5.39. The van der Waals surface area contributed by atoms with E-state index in [0.29, 0.717) is 0 Å². The lowest BCUT2D eigenvalue weighted by Gasteiger charge is -2.46. The number of carbonyl (C=O) groups excluding carboxylic acids is 2. The molecule has 0 spiro atoms. The third-order valence-electron chi connectivity index (χ3n) is 3.59. The Morgan fingerprint density at radius 3 is 2.47 bits per heavy atom. The first-order valence-electron chi connectivity index (χ1n) is 6.16. The molecule has 0 bridgehead atoms. The van der Waals surface area contributed by atoms with Gasteiger partial charge in [0.25, 0.3) is 0 Å². The summed E-state index contributed by atoms with van der Waals surface area (Å²) in [6.07, 6.45) is 2.01. The van der Waals surface area contributed by atoms with Gasteiger partial charge in [0.1, 0.15) is 11.6 Å². The Balaban J connectivity index is 2.22. The van der Waals surface area contributed by atoms with E-state index in [1.165, 1.54) is 0 Å². The van der Waals surface area contributed by atoms with Gasteiger partial charge in [-0.1, -0.05) is 0 Å². The van der Waals surface area contributed by atoms with Crippen LogP contribution in [0.3, 0.4) is 0 Å². The first kappa shape index (κ1) is 12.7. The van der Waals surface area contributed by atoms with E-state index in [9.17, 15) is 9.59 Å². The van der Waals surface area contributed by atoms with Crippen molar-refractivity contribution in [1.29, 1.82) is 0 Å². The monoisotopic (exact) mass is 256 g/mol. The van der Waals surface area contributed by atoms with Crippen molar-refractivity contribution in [3.63, 3.8) is 0 Å². The number of carbonyl (C=O) groups is 2. The molecule has 2 aliphatic heterocycles. The summed E-state index contributed by atoms with van der Waals surface area (Å²) in [5.41, 5.74) is -0.756. The van der Waals surface area contributed by atoms with Crippen molar-refractivity contribution >= 4 is 23.6 Å². The number of nitrogens with one attached hydrogen (secondary N) is 1. The van der Waals surface area contributed by atoms with Gasteiger partial charge in [-0.2, -0.15) is 11.8 Å². The van der Waals surface area contributed by atoms with Crippen LogP contribution in [-0.2, 0) is 9.59 Å². The Morgan fingerprint density at radius 1 is 1.29 bits per heavy atom. The lowest BCUT2D eigenvalue weighted by atomic mass is 9.94. The van der Waals surface area contributed by atoms with Gasteiger partial charge in [0.05, 0.1) is 0 Å². The van der Waals surface area contributed by atoms with Crippen molar-refractivity contribution in [3.05, 3.63) is 0 Å². The third kappa shape index (κ3) is 2.30. The molecule has 0 aromatic rings. The molecule has 2 fully saturated rings. The van der Waals surface area contributed by atoms with Crippen LogP contribution in [0.25, 0.3) is 0 Å². The minimum absolute atomic E-state index is 0.0344. The topological polar surface area (TPSA) is 49.4 Å². The Morgan fingerprint density at radius 2 is 1.88 bits per heavy atom. The second-order valence-electron chi connectivity index (χ2n) is 5.35. The van der Waals surface area contributed by atoms with Crippen molar-refractivity contribution in [2.45, 2.75) is 51.2 Å². The predicted molar refractivity (Wildman–Crippen MR) is 68.9 cm³/mol. The molecule has 2 amide bonds. The van der Waals surface area contributed by atoms with Crippen LogP contribution >= 0.6 is 11.8 Å². The molecule has 1 unspecified atom stereocenters. The number of hydrogen-bond donors (Lipinski definition) is 1. The quantitative estimate of drug-likeness (QED) is 0.761. The van der Waals surface area contributed by atoms with Crippen LogP contribution in [0.1, 0.15) is 33.6 Å². The fraction of sp³-hybridized carbons (Fsp3) is 0.833. The highest BCUT2D eigenvalue weighted by atomic mass is 32.2. The molecule has 2 saturated heterocycles. The average Bonchev–Trinajstić information content (AvgIpc) is 2.28. The molecule has 4 nitrogen and oxygen atoms in total. The van der Waals surface area contributed by atoms with Crippen molar-refractivity contribution in [3.8, 4) is 0 Å². The van der Waals surface area contributed by atoms with Gasteiger partial charge in [0, 0.05) is 6.04 Å². The Hall–Kier alpha value is -0.710. The standard InChI is InChI=1S/C12H20N2O2S/c1-8-10(15)13-12(2,3)11(16)14(8)9-4-6-17-7-5-9/h8-9H,4-7H2,1-3H3,(H,13,15). The van der Waals surface area contributed by atoms with Gasteiger partial charge in [0.15, 0.2) is 0 Å². The number of amides is 2. The average molecular weight is 256 g/mol. The van der Waals surface area contributed by atoms with Crippen LogP contribution in [0.2, 0.25) is 0 Å². The molecular weight excluding hydrogens is 236 g/mol. The van der Waals surface area contributed by atoms with Crippen molar-refractivity contribution < 1.29 is 9.59 Å². The van der Waals surface area contributed by atoms with Crippen LogP contribution in [-0.4, -0.2) is 45.8 Å². The molecule has 0 aromatic carbocycles. The summed E-state index contributed by atoms with van der Waals surface area (Å²) in [5.74, 6) is 2.20. The predicted octanol–water partition coefficient (Wildman–Crippen LogP) is 1.01. The van der Waals surface area contributed by atoms with Gasteiger partial charge in [-0.3, -0.25) is 9.59 Å². The van der Waals surface area contributed by atoms with Crippen molar-refractivity contribution in [1.82, 2.24) is 10.2 Å². The lowest BCUT2D eigenvalue weighted by molar-refractivity contribution is -0.155. The summed E-state index contributed by atoms with van der Waals surface area (Å²) < 4.78 is 0. The molecule has 0 aromatic heterocycles. The highest BCUT2D eigenvalue weighted by molar-refractivity contribution is 7.99. The molecule has 0 saturated carbocycles. The van der Waals surface area contributed by atoms with E-state index in [0.717, 1.165) is 24.3 Å². The number of hydrogen-bond acceptors (Lipinski definition) is 3. The summed E-state index contributed by atoms with van der Waals surface area (Å²) >= 11 is 1.93. The Bertz CT molecular complexity index is 337. The van der Waals surface area contributed by atoms with Crippen molar-refractivity contribution in [2.24, 2.45) is 0 Å². The zero-order valence-corrected chi connectivity index (χ0v) is 11.5. The maximum atomic E-state index is 12.4. The molecule has 1 atom stereocenters. The van der Waals surface area contributed by atoms with E-state index < -0.39 is 5.54 Å². The molecule has 2 rings (SSSR count). The van der Waals surface area contributed by atoms with Crippen molar-refractivity contribution in [2.75, 3.05) is 11.5 Å². The Kier molecular flexibility index (Phi) is 3.39. The lowest BCUT2D eigenvalue weighted by Crippen LogP contribution is -2.69. The highest BCUT2D eigenvalue weighted by Crippen LogP contribution is 2.28. The van der Waals surface area contributed by atoms with E-state index in [4.69, 9.17) is 0 Å². The summed E-state index contributed by atoms with van der Waals surface area (Å²) in [5, 5.41) is 2.79. The van der Waals surface area contributed by atoms with Gasteiger partial charge in [-0.05, 0) is 45.1 Å². The first-order chi connectivity index (χ1) is 7.93. The van der Waals surface area contributed by atoms with E-state index >= 15 is 0 Å². The minimum Gasteiger partial charge on any atom is -0.340 e. The second kappa shape index (κ2) is 4.52. The molecule has 2 aliphatic rings. The van der Waals surface area contributed by atoms with Gasteiger partial charge in [-0.15, -0.1) is 0 Å². The minimum atomic E-state index is -0.756. The van der Waals surface area contributed by atoms with Crippen LogP contribution in [0.15, 0.2) is 0 Å². The molecule has 17 heavy (non-hydrogen) atoms. The van der Waals surface area contributed by atoms with E-state index in [-0.39, 0.29) is 23.9 Å². The van der Waals surface area contributed by atoms with E-state index in [1.54, 1.807) is 13.8 Å². The SMILES string of the molecule is CC1C(=O)NC(C)(C)C(=O)N1C1CCSCC1. The maximum absolute atomic E-state index is 12.4. The van der Waals surface area contributed by atoms with Gasteiger partial charge in [0.2, 0.25) is 11.8 Å². The first-order valence-corrected chi connectivity index (χ1v) is 7.31. The number of thioether (sulfide) groups is 1. The fourth-order valence-electron chi connectivity index (χ4n) is 2.54. The molecule has 0 aliphatic carbocycles. The molecule has 1 N–H and O–H groups in total. The largest absolute Gasteiger partial charge is 0.340 e. The summed E-state index contributed by atoms with van der Waals surface area (Å²) in [7, 11) is 0. The molecule has 2 heterocycles. The maximum Gasteiger partial charge on any atom is 0.248 e. The van der Waals surface area contributed by atoms with Crippen LogP contribution in [0.4, 0.5) is 0 Å². The number of nitrogens with zero attached hydrogens (tertiary/aromatic N) is 1. The summed E-state index contributed by atoms with van der Waals surface area (Å²) in [6, 6.07) is -0.0901. The van der Waals surface area contributed by atoms with Crippen LogP contribution < -0.4 is 5.32 Å². The van der Waals surface area contributed by atoms with E-state index in [1.807, 2.05) is 23.6 Å². The van der Waals surface area contributed by atoms with Crippen LogP contribution in [0.5, 0.6) is 0 Å². The number of piperazine rings is 1. The van der Waals surface area contributed by atoms with Gasteiger partial charge >= 0.3 is 0 Å². The molecule has 0 radical (unpaired) electrons. The normalized spacial score (nSPS) is 30.3. The fourth-order valence-corrected chi connectivity index (χ4v) is 3.62. The van der Waals surface area contributed by atoms with E-state index in [2.05, 4.69) is 5.32 Å². The van der Waals surface area contributed by atoms with Gasteiger partial charge in [-0.25, -0.2) is 0 Å². The zero-order valence-electron chi connectivity index (χ0n) is 10.7. The molecule has 5 heteroatoms. The van der Waals surface area contributed by atoms with Gasteiger partial charge < -0.3 is 10.2 Å². The highest BCUT2D eigenvalue weighted by Gasteiger charge is 2.45. The zero-order chi connectivity index (χ0) is 12.6. The number of rotatable bonds is 1. The molecular formula is C12H20N2O2S. The summed E-state index contributed by atoms with van der Waals surface area (Å²) in [4.78, 5) is 26.1. The smallest absolute Gasteiger partial charge is 0.248 e. The van der Waals surface area contributed by atoms with Crippen LogP contribution in [0, 0.1) is 0 Å².